The molecular formula is C9H4ClF2NO2. The van der Waals surface area contributed by atoms with Gasteiger partial charge in [0.25, 0.3) is 0 Å². The maximum absolute atomic E-state index is 13.4. The van der Waals surface area contributed by atoms with Gasteiger partial charge in [0, 0.05) is 15.4 Å². The van der Waals surface area contributed by atoms with Crippen LogP contribution in [-0.2, 0) is 4.94 Å². The average molecular weight is 232 g/mol. The van der Waals surface area contributed by atoms with Crippen molar-refractivity contribution in [1.82, 2.24) is 4.98 Å². The molecule has 15 heavy (non-hydrogen) atoms. The van der Waals surface area contributed by atoms with E-state index in [0.717, 1.165) is 6.07 Å². The second kappa shape index (κ2) is 3.51. The summed E-state index contributed by atoms with van der Waals surface area (Å²) in [6.07, 6.45) is 0. The van der Waals surface area contributed by atoms with Crippen LogP contribution in [0.2, 0.25) is 5.02 Å². The van der Waals surface area contributed by atoms with E-state index < -0.39 is 11.8 Å². The van der Waals surface area contributed by atoms with E-state index in [1.165, 1.54) is 12.1 Å². The molecule has 1 N–H and O–H groups in total. The Kier molecular flexibility index (Phi) is 2.32. The molecule has 3 nitrogen and oxygen atoms in total. The van der Waals surface area contributed by atoms with Crippen molar-refractivity contribution in [3.63, 3.8) is 0 Å². The maximum atomic E-state index is 13.4. The van der Waals surface area contributed by atoms with Crippen LogP contribution in [0.25, 0.3) is 10.9 Å². The maximum Gasteiger partial charge on any atom is 0.395 e. The van der Waals surface area contributed by atoms with Crippen molar-refractivity contribution in [2.75, 3.05) is 0 Å². The number of fused-ring (bicyclic) bond motifs is 1. The molecule has 0 aliphatic heterocycles. The summed E-state index contributed by atoms with van der Waals surface area (Å²) in [7, 11) is 0. The average Bonchev–Trinajstić information content (AvgIpc) is 2.67. The topological polar surface area (TPSA) is 42.1 Å². The zero-order valence-corrected chi connectivity index (χ0v) is 7.94. The molecule has 0 aliphatic carbocycles. The lowest BCUT2D eigenvalue weighted by Crippen LogP contribution is -1.97. The van der Waals surface area contributed by atoms with Gasteiger partial charge in [-0.05, 0) is 18.2 Å². The number of rotatable bonds is 1. The summed E-state index contributed by atoms with van der Waals surface area (Å²) in [6.45, 7) is 0. The Hall–Kier alpha value is -1.62. The number of nitrogens with one attached hydrogen (secondary N) is 1. The Morgan fingerprint density at radius 2 is 2.20 bits per heavy atom. The minimum atomic E-state index is -1.21. The van der Waals surface area contributed by atoms with Crippen molar-refractivity contribution in [2.45, 2.75) is 0 Å². The summed E-state index contributed by atoms with van der Waals surface area (Å²) in [5.74, 6) is -1.87. The molecule has 1 aromatic heterocycles. The van der Waals surface area contributed by atoms with E-state index in [4.69, 9.17) is 11.6 Å². The van der Waals surface area contributed by atoms with Crippen molar-refractivity contribution < 1.29 is 18.7 Å². The SMILES string of the molecule is O=C(OF)c1cc2c(F)c(Cl)ccc2[nH]1. The van der Waals surface area contributed by atoms with E-state index in [1.54, 1.807) is 0 Å². The monoisotopic (exact) mass is 231 g/mol. The first kappa shape index (κ1) is 9.92. The lowest BCUT2D eigenvalue weighted by atomic mass is 10.2. The third-order valence-electron chi connectivity index (χ3n) is 1.98. The number of H-pyrrole nitrogens is 1. The Bertz CT molecular complexity index is 538. The molecule has 6 heteroatoms. The highest BCUT2D eigenvalue weighted by Crippen LogP contribution is 2.25. The van der Waals surface area contributed by atoms with E-state index in [-0.39, 0.29) is 16.1 Å². The molecule has 0 aliphatic rings. The van der Waals surface area contributed by atoms with Gasteiger partial charge in [-0.2, -0.15) is 0 Å². The van der Waals surface area contributed by atoms with Crippen LogP contribution in [0.1, 0.15) is 10.5 Å². The third kappa shape index (κ3) is 1.55. The number of benzene rings is 1. The van der Waals surface area contributed by atoms with E-state index in [9.17, 15) is 13.7 Å². The van der Waals surface area contributed by atoms with Crippen molar-refractivity contribution >= 4 is 28.5 Å². The fraction of sp³-hybridized carbons (Fsp3) is 0. The fourth-order valence-electron chi connectivity index (χ4n) is 1.29. The molecule has 2 aromatic rings. The first-order valence-electron chi connectivity index (χ1n) is 3.93. The van der Waals surface area contributed by atoms with Gasteiger partial charge in [0.05, 0.1) is 5.02 Å². The summed E-state index contributed by atoms with van der Waals surface area (Å²) < 4.78 is 25.0. The quantitative estimate of drug-likeness (QED) is 0.820. The number of carbonyl (C=O) groups excluding carboxylic acids is 1. The number of aromatic amines is 1. The molecule has 0 amide bonds. The number of halogens is 3. The molecule has 0 fully saturated rings. The van der Waals surface area contributed by atoms with Gasteiger partial charge in [-0.1, -0.05) is 11.6 Å². The van der Waals surface area contributed by atoms with Gasteiger partial charge in [-0.3, -0.25) is 0 Å². The number of hydrogen-bond donors (Lipinski definition) is 1. The van der Waals surface area contributed by atoms with Gasteiger partial charge in [-0.15, -0.1) is 0 Å². The highest BCUT2D eigenvalue weighted by molar-refractivity contribution is 6.31. The van der Waals surface area contributed by atoms with Crippen molar-refractivity contribution in [1.29, 1.82) is 0 Å². The van der Waals surface area contributed by atoms with Crippen LogP contribution >= 0.6 is 11.6 Å². The van der Waals surface area contributed by atoms with Gasteiger partial charge in [0.15, 0.2) is 5.82 Å². The molecule has 2 rings (SSSR count). The molecule has 0 spiro atoms. The Labute approximate surface area is 87.5 Å². The van der Waals surface area contributed by atoms with Crippen molar-refractivity contribution in [2.24, 2.45) is 0 Å². The smallest absolute Gasteiger partial charge is 0.349 e. The summed E-state index contributed by atoms with van der Waals surface area (Å²) in [4.78, 5) is 16.3. The second-order valence-electron chi connectivity index (χ2n) is 2.87. The van der Waals surface area contributed by atoms with Gasteiger partial charge in [0.2, 0.25) is 0 Å². The summed E-state index contributed by atoms with van der Waals surface area (Å²) in [6, 6.07) is 3.95. The van der Waals surface area contributed by atoms with Crippen LogP contribution in [0.3, 0.4) is 0 Å². The van der Waals surface area contributed by atoms with E-state index in [1.807, 2.05) is 0 Å². The zero-order valence-electron chi connectivity index (χ0n) is 7.18. The van der Waals surface area contributed by atoms with Gasteiger partial charge in [0.1, 0.15) is 5.69 Å². The zero-order chi connectivity index (χ0) is 11.0. The minimum Gasteiger partial charge on any atom is -0.349 e. The second-order valence-corrected chi connectivity index (χ2v) is 3.28. The third-order valence-corrected chi connectivity index (χ3v) is 2.27. The van der Waals surface area contributed by atoms with Gasteiger partial charge >= 0.3 is 5.97 Å². The Balaban J connectivity index is 2.66. The van der Waals surface area contributed by atoms with Gasteiger partial charge in [-0.25, -0.2) is 14.1 Å². The lowest BCUT2D eigenvalue weighted by Gasteiger charge is -1.93. The molecule has 0 radical (unpaired) electrons. The summed E-state index contributed by atoms with van der Waals surface area (Å²) >= 11 is 5.53. The summed E-state index contributed by atoms with van der Waals surface area (Å²) in [5.41, 5.74) is 0.172. The van der Waals surface area contributed by atoms with E-state index in [2.05, 4.69) is 9.93 Å². The van der Waals surface area contributed by atoms with Crippen LogP contribution < -0.4 is 0 Å². The number of carbonyl (C=O) groups is 1. The first-order chi connectivity index (χ1) is 7.13. The minimum absolute atomic E-state index is 0.0679. The van der Waals surface area contributed by atoms with E-state index >= 15 is 0 Å². The highest BCUT2D eigenvalue weighted by atomic mass is 35.5. The number of hydrogen-bond acceptors (Lipinski definition) is 2. The van der Waals surface area contributed by atoms with Crippen LogP contribution in [0.5, 0.6) is 0 Å². The fourth-order valence-corrected chi connectivity index (χ4v) is 1.46. The van der Waals surface area contributed by atoms with E-state index in [0.29, 0.717) is 5.52 Å². The molecule has 1 aromatic carbocycles. The Morgan fingerprint density at radius 1 is 1.47 bits per heavy atom. The number of aromatic nitrogens is 1. The highest BCUT2D eigenvalue weighted by Gasteiger charge is 2.14. The van der Waals surface area contributed by atoms with Crippen LogP contribution in [-0.4, -0.2) is 11.0 Å². The van der Waals surface area contributed by atoms with Gasteiger partial charge < -0.3 is 4.98 Å². The molecule has 1 heterocycles. The van der Waals surface area contributed by atoms with Crippen molar-refractivity contribution in [3.8, 4) is 0 Å². The molecule has 0 saturated carbocycles. The molecular weight excluding hydrogens is 228 g/mol. The van der Waals surface area contributed by atoms with Crippen LogP contribution in [0.4, 0.5) is 8.92 Å². The molecule has 0 bridgehead atoms. The van der Waals surface area contributed by atoms with Crippen LogP contribution in [0.15, 0.2) is 18.2 Å². The standard InChI is InChI=1S/C9H4ClF2NO2/c10-5-1-2-6-4(8(5)11)3-7(13-6)9(14)15-12/h1-3,13H. The first-order valence-corrected chi connectivity index (χ1v) is 4.31. The molecule has 0 atom stereocenters. The largest absolute Gasteiger partial charge is 0.395 e. The summed E-state index contributed by atoms with van der Waals surface area (Å²) in [5, 5.41) is 0.0459. The van der Waals surface area contributed by atoms with Crippen LogP contribution in [0, 0.1) is 5.82 Å². The Morgan fingerprint density at radius 3 is 2.87 bits per heavy atom. The lowest BCUT2D eigenvalue weighted by molar-refractivity contribution is -0.0792. The molecule has 0 saturated heterocycles. The van der Waals surface area contributed by atoms with Crippen molar-refractivity contribution in [3.05, 3.63) is 34.7 Å². The molecule has 78 valence electrons. The predicted molar refractivity (Wildman–Crippen MR) is 49.8 cm³/mol. The molecule has 0 unspecified atom stereocenters. The predicted octanol–water partition coefficient (Wildman–Crippen LogP) is 3.00. The normalized spacial score (nSPS) is 10.6.